The van der Waals surface area contributed by atoms with Gasteiger partial charge in [0.25, 0.3) is 0 Å². The molecule has 2 saturated heterocycles. The first-order valence-electron chi connectivity index (χ1n) is 8.63. The first-order chi connectivity index (χ1) is 11.6. The number of nitrogens with zero attached hydrogens (tertiary/aromatic N) is 2. The number of carboxylic acids is 1. The largest absolute Gasteiger partial charge is 0.481 e. The number of Topliss-reactive ketones (excluding diaryl/α,β-unsaturated/α-hetero) is 1. The minimum Gasteiger partial charge on any atom is -0.481 e. The smallest absolute Gasteiger partial charge is 0.315 e. The van der Waals surface area contributed by atoms with E-state index in [1.54, 1.807) is 0 Å². The number of carbonyl (C=O) groups is 2. The molecule has 3 fully saturated rings. The molecule has 2 N–H and O–H groups in total. The Morgan fingerprint density at radius 2 is 1.96 bits per heavy atom. The van der Waals surface area contributed by atoms with Crippen LogP contribution in [0.1, 0.15) is 12.8 Å². The molecular weight excluding hydrogens is 313 g/mol. The molecule has 0 aromatic carbocycles. The number of aliphatic carboxylic acids is 1. The lowest BCUT2D eigenvalue weighted by atomic mass is 9.78. The topological polar surface area (TPSA) is 72.9 Å². The van der Waals surface area contributed by atoms with Crippen molar-refractivity contribution in [3.63, 3.8) is 0 Å². The zero-order valence-corrected chi connectivity index (χ0v) is 13.4. The SMILES string of the molecule is O=C(O)C1CN(C2CC2)C2C=C(N3CCNCC3)C(F)=CC2C1=O. The van der Waals surface area contributed by atoms with Crippen LogP contribution in [-0.4, -0.2) is 71.5 Å². The molecule has 4 aliphatic rings. The molecule has 24 heavy (non-hydrogen) atoms. The Morgan fingerprint density at radius 3 is 2.58 bits per heavy atom. The molecule has 7 heteroatoms. The minimum absolute atomic E-state index is 0.218. The number of ketones is 1. The summed E-state index contributed by atoms with van der Waals surface area (Å²) in [6, 6.07) is 0.104. The summed E-state index contributed by atoms with van der Waals surface area (Å²) in [7, 11) is 0. The molecule has 2 aliphatic carbocycles. The van der Waals surface area contributed by atoms with Crippen LogP contribution in [0, 0.1) is 11.8 Å². The standard InChI is InChI=1S/C17H22FN3O3/c18-13-7-11-14(8-15(13)20-5-3-19-4-6-20)21(10-1-2-10)9-12(16(11)22)17(23)24/h7-8,10-12,14,19H,1-6,9H2,(H,23,24). The Kier molecular flexibility index (Phi) is 3.92. The normalized spacial score (nSPS) is 34.5. The number of rotatable bonds is 3. The first kappa shape index (κ1) is 15.8. The lowest BCUT2D eigenvalue weighted by Crippen LogP contribution is -2.56. The number of allylic oxidation sites excluding steroid dienone is 1. The molecular formula is C17H22FN3O3. The quantitative estimate of drug-likeness (QED) is 0.727. The minimum atomic E-state index is -1.10. The van der Waals surface area contributed by atoms with E-state index in [-0.39, 0.29) is 18.4 Å². The number of halogens is 1. The zero-order chi connectivity index (χ0) is 16.8. The van der Waals surface area contributed by atoms with Crippen LogP contribution in [0.4, 0.5) is 4.39 Å². The van der Waals surface area contributed by atoms with Crippen molar-refractivity contribution in [2.24, 2.45) is 11.8 Å². The number of fused-ring (bicyclic) bond motifs is 1. The lowest BCUT2D eigenvalue weighted by Gasteiger charge is -2.43. The third-order valence-corrected chi connectivity index (χ3v) is 5.49. The first-order valence-corrected chi connectivity index (χ1v) is 8.63. The van der Waals surface area contributed by atoms with Gasteiger partial charge in [0.2, 0.25) is 0 Å². The summed E-state index contributed by atoms with van der Waals surface area (Å²) in [5.41, 5.74) is 0.560. The third-order valence-electron chi connectivity index (χ3n) is 5.49. The average Bonchev–Trinajstić information content (AvgIpc) is 3.40. The predicted molar refractivity (Wildman–Crippen MR) is 84.9 cm³/mol. The van der Waals surface area contributed by atoms with Gasteiger partial charge in [0, 0.05) is 44.8 Å². The molecule has 130 valence electrons. The highest BCUT2D eigenvalue weighted by Crippen LogP contribution is 2.40. The molecule has 0 aromatic rings. The van der Waals surface area contributed by atoms with E-state index < -0.39 is 23.6 Å². The molecule has 3 atom stereocenters. The second-order valence-corrected chi connectivity index (χ2v) is 7.04. The highest BCUT2D eigenvalue weighted by Gasteiger charge is 2.49. The van der Waals surface area contributed by atoms with Gasteiger partial charge in [-0.25, -0.2) is 4.39 Å². The summed E-state index contributed by atoms with van der Waals surface area (Å²) in [4.78, 5) is 28.1. The Labute approximate surface area is 140 Å². The fourth-order valence-electron chi connectivity index (χ4n) is 4.05. The summed E-state index contributed by atoms with van der Waals surface area (Å²) < 4.78 is 14.7. The van der Waals surface area contributed by atoms with Crippen molar-refractivity contribution in [1.82, 2.24) is 15.1 Å². The molecule has 0 aromatic heterocycles. The van der Waals surface area contributed by atoms with Crippen molar-refractivity contribution in [3.8, 4) is 0 Å². The van der Waals surface area contributed by atoms with Gasteiger partial charge in [-0.1, -0.05) is 0 Å². The van der Waals surface area contributed by atoms with Crippen molar-refractivity contribution >= 4 is 11.8 Å². The van der Waals surface area contributed by atoms with Crippen LogP contribution >= 0.6 is 0 Å². The van der Waals surface area contributed by atoms with E-state index in [4.69, 9.17) is 0 Å². The third kappa shape index (κ3) is 2.65. The summed E-state index contributed by atoms with van der Waals surface area (Å²) in [6.45, 7) is 3.33. The van der Waals surface area contributed by atoms with Crippen molar-refractivity contribution in [2.75, 3.05) is 32.7 Å². The molecule has 1 saturated carbocycles. The number of piperazine rings is 1. The fourth-order valence-corrected chi connectivity index (χ4v) is 4.05. The molecule has 0 bridgehead atoms. The summed E-state index contributed by atoms with van der Waals surface area (Å²) >= 11 is 0. The van der Waals surface area contributed by atoms with Crippen LogP contribution in [0.2, 0.25) is 0 Å². The Balaban J connectivity index is 1.66. The van der Waals surface area contributed by atoms with E-state index in [2.05, 4.69) is 10.2 Å². The van der Waals surface area contributed by atoms with Crippen molar-refractivity contribution in [2.45, 2.75) is 24.9 Å². The van der Waals surface area contributed by atoms with Crippen LogP contribution in [-0.2, 0) is 9.59 Å². The van der Waals surface area contributed by atoms with Crippen LogP contribution in [0.25, 0.3) is 0 Å². The highest BCUT2D eigenvalue weighted by atomic mass is 19.1. The van der Waals surface area contributed by atoms with Crippen molar-refractivity contribution < 1.29 is 19.1 Å². The lowest BCUT2D eigenvalue weighted by molar-refractivity contribution is -0.151. The number of piperidine rings is 1. The van der Waals surface area contributed by atoms with Gasteiger partial charge in [0.05, 0.1) is 11.6 Å². The number of hydrogen-bond acceptors (Lipinski definition) is 5. The maximum absolute atomic E-state index is 14.7. The number of hydrogen-bond donors (Lipinski definition) is 2. The number of carboxylic acid groups (broad SMARTS) is 1. The van der Waals surface area contributed by atoms with E-state index in [1.165, 1.54) is 6.08 Å². The molecule has 6 nitrogen and oxygen atoms in total. The van der Waals surface area contributed by atoms with Gasteiger partial charge in [0.15, 0.2) is 5.78 Å². The molecule has 0 spiro atoms. The highest BCUT2D eigenvalue weighted by molar-refractivity contribution is 6.01. The summed E-state index contributed by atoms with van der Waals surface area (Å²) in [5.74, 6) is -3.60. The van der Waals surface area contributed by atoms with Gasteiger partial charge in [-0.05, 0) is 25.0 Å². The Hall–Kier alpha value is -1.73. The second kappa shape index (κ2) is 5.97. The molecule has 0 amide bonds. The van der Waals surface area contributed by atoms with Crippen molar-refractivity contribution in [3.05, 3.63) is 23.7 Å². The maximum Gasteiger partial charge on any atom is 0.315 e. The second-order valence-electron chi connectivity index (χ2n) is 7.04. The van der Waals surface area contributed by atoms with E-state index in [1.807, 2.05) is 11.0 Å². The van der Waals surface area contributed by atoms with Gasteiger partial charge in [-0.15, -0.1) is 0 Å². The Morgan fingerprint density at radius 1 is 1.25 bits per heavy atom. The van der Waals surface area contributed by atoms with E-state index >= 15 is 0 Å². The fraction of sp³-hybridized carbons (Fsp3) is 0.647. The van der Waals surface area contributed by atoms with E-state index in [0.29, 0.717) is 11.7 Å². The molecule has 2 heterocycles. The Bertz CT molecular complexity index is 623. The molecule has 2 aliphatic heterocycles. The molecule has 3 unspecified atom stereocenters. The van der Waals surface area contributed by atoms with Crippen molar-refractivity contribution in [1.29, 1.82) is 0 Å². The molecule has 4 rings (SSSR count). The van der Waals surface area contributed by atoms with E-state index in [9.17, 15) is 19.1 Å². The van der Waals surface area contributed by atoms with Crippen LogP contribution in [0.15, 0.2) is 23.7 Å². The van der Waals surface area contributed by atoms with Gasteiger partial charge in [-0.3, -0.25) is 14.5 Å². The monoisotopic (exact) mass is 335 g/mol. The summed E-state index contributed by atoms with van der Waals surface area (Å²) in [5, 5.41) is 12.6. The number of carbonyl (C=O) groups excluding carboxylic acids is 1. The van der Waals surface area contributed by atoms with Crippen LogP contribution in [0.3, 0.4) is 0 Å². The number of likely N-dealkylation sites (tertiary alicyclic amines) is 1. The predicted octanol–water partition coefficient (Wildman–Crippen LogP) is 0.375. The van der Waals surface area contributed by atoms with E-state index in [0.717, 1.165) is 39.0 Å². The van der Waals surface area contributed by atoms with Gasteiger partial charge >= 0.3 is 5.97 Å². The van der Waals surface area contributed by atoms with Gasteiger partial charge in [0.1, 0.15) is 11.7 Å². The average molecular weight is 335 g/mol. The maximum atomic E-state index is 14.7. The molecule has 0 radical (unpaired) electrons. The van der Waals surface area contributed by atoms with Crippen LogP contribution in [0.5, 0.6) is 0 Å². The number of nitrogens with one attached hydrogen (secondary N) is 1. The van der Waals surface area contributed by atoms with Gasteiger partial charge < -0.3 is 15.3 Å². The van der Waals surface area contributed by atoms with Crippen LogP contribution < -0.4 is 5.32 Å². The summed E-state index contributed by atoms with van der Waals surface area (Å²) in [6.07, 6.45) is 5.26. The zero-order valence-electron chi connectivity index (χ0n) is 13.4. The van der Waals surface area contributed by atoms with Gasteiger partial charge in [-0.2, -0.15) is 0 Å².